The minimum absolute atomic E-state index is 1.01. The zero-order valence-electron chi connectivity index (χ0n) is 9.56. The third kappa shape index (κ3) is 2.80. The average Bonchev–Trinajstić information content (AvgIpc) is 2.49. The van der Waals surface area contributed by atoms with Gasteiger partial charge in [0, 0.05) is 0 Å². The van der Waals surface area contributed by atoms with Crippen molar-refractivity contribution < 1.29 is 0 Å². The van der Waals surface area contributed by atoms with Crippen LogP contribution in [0.5, 0.6) is 0 Å². The molecule has 74 valence electrons. The lowest BCUT2D eigenvalue weighted by Crippen LogP contribution is -2.10. The molecule has 12 heavy (non-hydrogen) atoms. The standard InChI is InChI=1S/C10H20.C2H6/c1-4-9-7-6-8(3)10(9)5-2;1-2/h8-10H,4-7H2,1-3H3;1-2H3. The van der Waals surface area contributed by atoms with Gasteiger partial charge >= 0.3 is 0 Å². The van der Waals surface area contributed by atoms with Gasteiger partial charge in [-0.05, 0) is 24.2 Å². The van der Waals surface area contributed by atoms with Crippen LogP contribution in [0.3, 0.4) is 0 Å². The van der Waals surface area contributed by atoms with Gasteiger partial charge < -0.3 is 0 Å². The average molecular weight is 170 g/mol. The first-order valence-corrected chi connectivity index (χ1v) is 5.79. The van der Waals surface area contributed by atoms with Gasteiger partial charge in [0.15, 0.2) is 0 Å². The Morgan fingerprint density at radius 3 is 1.92 bits per heavy atom. The van der Waals surface area contributed by atoms with E-state index in [1.807, 2.05) is 13.8 Å². The molecule has 0 heterocycles. The van der Waals surface area contributed by atoms with Crippen LogP contribution >= 0.6 is 0 Å². The zero-order chi connectivity index (χ0) is 9.56. The third-order valence-electron chi connectivity index (χ3n) is 3.32. The second kappa shape index (κ2) is 6.51. The normalized spacial score (nSPS) is 34.2. The molecule has 0 heteroatoms. The van der Waals surface area contributed by atoms with Gasteiger partial charge in [0.25, 0.3) is 0 Å². The van der Waals surface area contributed by atoms with E-state index in [2.05, 4.69) is 20.8 Å². The Bertz CT molecular complexity index is 96.2. The van der Waals surface area contributed by atoms with E-state index in [1.165, 1.54) is 25.7 Å². The van der Waals surface area contributed by atoms with Crippen molar-refractivity contribution in [3.05, 3.63) is 0 Å². The quantitative estimate of drug-likeness (QED) is 0.572. The first-order valence-electron chi connectivity index (χ1n) is 5.79. The number of rotatable bonds is 2. The van der Waals surface area contributed by atoms with Gasteiger partial charge in [-0.25, -0.2) is 0 Å². The van der Waals surface area contributed by atoms with E-state index in [4.69, 9.17) is 0 Å². The van der Waals surface area contributed by atoms with Crippen molar-refractivity contribution in [3.8, 4) is 0 Å². The van der Waals surface area contributed by atoms with Crippen LogP contribution in [0, 0.1) is 17.8 Å². The summed E-state index contributed by atoms with van der Waals surface area (Å²) in [5, 5.41) is 0. The summed E-state index contributed by atoms with van der Waals surface area (Å²) in [6.07, 6.45) is 5.79. The summed E-state index contributed by atoms with van der Waals surface area (Å²) in [6.45, 7) is 11.1. The summed E-state index contributed by atoms with van der Waals surface area (Å²) < 4.78 is 0. The molecular formula is C12H26. The maximum Gasteiger partial charge on any atom is -0.0363 e. The fourth-order valence-electron chi connectivity index (χ4n) is 2.61. The van der Waals surface area contributed by atoms with E-state index >= 15 is 0 Å². The summed E-state index contributed by atoms with van der Waals surface area (Å²) in [5.74, 6) is 3.11. The monoisotopic (exact) mass is 170 g/mol. The molecule has 1 fully saturated rings. The maximum absolute atomic E-state index is 2.42. The van der Waals surface area contributed by atoms with Crippen LogP contribution in [0.1, 0.15) is 60.3 Å². The second-order valence-electron chi connectivity index (χ2n) is 3.80. The molecule has 0 amide bonds. The summed E-state index contributed by atoms with van der Waals surface area (Å²) in [4.78, 5) is 0. The topological polar surface area (TPSA) is 0 Å². The summed E-state index contributed by atoms with van der Waals surface area (Å²) in [6, 6.07) is 0. The molecule has 0 nitrogen and oxygen atoms in total. The minimum atomic E-state index is 1.01. The molecule has 0 radical (unpaired) electrons. The zero-order valence-corrected chi connectivity index (χ0v) is 9.56. The molecule has 0 aromatic carbocycles. The first kappa shape index (κ1) is 12.0. The van der Waals surface area contributed by atoms with Gasteiger partial charge in [-0.15, -0.1) is 0 Å². The van der Waals surface area contributed by atoms with E-state index in [9.17, 15) is 0 Å². The highest BCUT2D eigenvalue weighted by Crippen LogP contribution is 2.40. The van der Waals surface area contributed by atoms with Crippen molar-refractivity contribution in [2.24, 2.45) is 17.8 Å². The summed E-state index contributed by atoms with van der Waals surface area (Å²) in [5.41, 5.74) is 0. The minimum Gasteiger partial charge on any atom is -0.0683 e. The number of hydrogen-bond donors (Lipinski definition) is 0. The molecule has 1 aliphatic rings. The van der Waals surface area contributed by atoms with E-state index in [0.717, 1.165) is 17.8 Å². The van der Waals surface area contributed by atoms with Crippen molar-refractivity contribution in [1.82, 2.24) is 0 Å². The van der Waals surface area contributed by atoms with Gasteiger partial charge in [-0.2, -0.15) is 0 Å². The van der Waals surface area contributed by atoms with Crippen molar-refractivity contribution in [2.45, 2.75) is 60.3 Å². The Morgan fingerprint density at radius 2 is 1.58 bits per heavy atom. The van der Waals surface area contributed by atoms with Crippen molar-refractivity contribution in [1.29, 1.82) is 0 Å². The second-order valence-corrected chi connectivity index (χ2v) is 3.80. The molecule has 0 spiro atoms. The fourth-order valence-corrected chi connectivity index (χ4v) is 2.61. The Kier molecular flexibility index (Phi) is 6.51. The van der Waals surface area contributed by atoms with Gasteiger partial charge in [0.05, 0.1) is 0 Å². The Hall–Kier alpha value is 0. The summed E-state index contributed by atoms with van der Waals surface area (Å²) >= 11 is 0. The van der Waals surface area contributed by atoms with Gasteiger partial charge in [-0.1, -0.05) is 53.9 Å². The Morgan fingerprint density at radius 1 is 1.00 bits per heavy atom. The lowest BCUT2D eigenvalue weighted by molar-refractivity contribution is 0.310. The predicted molar refractivity (Wildman–Crippen MR) is 57.3 cm³/mol. The molecule has 0 bridgehead atoms. The van der Waals surface area contributed by atoms with Crippen LogP contribution in [0.2, 0.25) is 0 Å². The van der Waals surface area contributed by atoms with Crippen LogP contribution in [0.4, 0.5) is 0 Å². The Balaban J connectivity index is 0.000000561. The highest BCUT2D eigenvalue weighted by atomic mass is 14.3. The molecule has 0 saturated heterocycles. The van der Waals surface area contributed by atoms with Crippen LogP contribution in [-0.4, -0.2) is 0 Å². The molecule has 1 aliphatic carbocycles. The van der Waals surface area contributed by atoms with Crippen LogP contribution in [-0.2, 0) is 0 Å². The molecule has 3 unspecified atom stereocenters. The van der Waals surface area contributed by atoms with Gasteiger partial charge in [0.1, 0.15) is 0 Å². The van der Waals surface area contributed by atoms with E-state index in [1.54, 1.807) is 0 Å². The van der Waals surface area contributed by atoms with Crippen LogP contribution < -0.4 is 0 Å². The molecule has 1 saturated carbocycles. The molecule has 0 aliphatic heterocycles. The fraction of sp³-hybridized carbons (Fsp3) is 1.00. The van der Waals surface area contributed by atoms with Crippen LogP contribution in [0.25, 0.3) is 0 Å². The molecule has 1 rings (SSSR count). The largest absolute Gasteiger partial charge is 0.0683 e. The maximum atomic E-state index is 2.42. The van der Waals surface area contributed by atoms with E-state index in [0.29, 0.717) is 0 Å². The van der Waals surface area contributed by atoms with Crippen molar-refractivity contribution >= 4 is 0 Å². The highest BCUT2D eigenvalue weighted by Gasteiger charge is 2.29. The lowest BCUT2D eigenvalue weighted by Gasteiger charge is -2.19. The summed E-state index contributed by atoms with van der Waals surface area (Å²) in [7, 11) is 0. The van der Waals surface area contributed by atoms with Gasteiger partial charge in [-0.3, -0.25) is 0 Å². The molecular weight excluding hydrogens is 144 g/mol. The third-order valence-corrected chi connectivity index (χ3v) is 3.32. The lowest BCUT2D eigenvalue weighted by atomic mass is 9.87. The van der Waals surface area contributed by atoms with E-state index < -0.39 is 0 Å². The number of hydrogen-bond acceptors (Lipinski definition) is 0. The predicted octanol–water partition coefficient (Wildman–Crippen LogP) is 4.49. The molecule has 0 N–H and O–H groups in total. The van der Waals surface area contributed by atoms with Gasteiger partial charge in [0.2, 0.25) is 0 Å². The molecule has 0 aromatic heterocycles. The van der Waals surface area contributed by atoms with Crippen molar-refractivity contribution in [2.75, 3.05) is 0 Å². The SMILES string of the molecule is CC.CCC1CCC(C)C1CC. The molecule has 0 aromatic rings. The Labute approximate surface area is 78.8 Å². The van der Waals surface area contributed by atoms with Crippen molar-refractivity contribution in [3.63, 3.8) is 0 Å². The highest BCUT2D eigenvalue weighted by molar-refractivity contribution is 4.80. The first-order chi connectivity index (χ1) is 5.79. The molecule has 3 atom stereocenters. The van der Waals surface area contributed by atoms with E-state index in [-0.39, 0.29) is 0 Å². The smallest absolute Gasteiger partial charge is 0.0363 e. The van der Waals surface area contributed by atoms with Crippen LogP contribution in [0.15, 0.2) is 0 Å².